The van der Waals surface area contributed by atoms with E-state index in [0.29, 0.717) is 11.3 Å². The van der Waals surface area contributed by atoms with Gasteiger partial charge >= 0.3 is 6.18 Å². The van der Waals surface area contributed by atoms with Gasteiger partial charge in [-0.05, 0) is 42.3 Å². The molecule has 0 saturated heterocycles. The Kier molecular flexibility index (Phi) is 6.60. The third-order valence-electron chi connectivity index (χ3n) is 6.32. The van der Waals surface area contributed by atoms with Crippen molar-refractivity contribution in [2.75, 3.05) is 5.32 Å². The number of carbonyl (C=O) groups excluding carboxylic acids is 1. The molecule has 6 nitrogen and oxygen atoms in total. The predicted molar refractivity (Wildman–Crippen MR) is 134 cm³/mol. The van der Waals surface area contributed by atoms with Crippen molar-refractivity contribution in [1.82, 2.24) is 15.1 Å². The van der Waals surface area contributed by atoms with Crippen molar-refractivity contribution < 1.29 is 22.7 Å². The average Bonchev–Trinajstić information content (AvgIpc) is 3.33. The lowest BCUT2D eigenvalue weighted by atomic mass is 9.96. The molecule has 1 aromatic heterocycles. The Labute approximate surface area is 212 Å². The minimum absolute atomic E-state index is 0.0572. The Bertz CT molecular complexity index is 1370. The van der Waals surface area contributed by atoms with Crippen LogP contribution in [0.4, 0.5) is 19.0 Å². The molecule has 9 heteroatoms. The topological polar surface area (TPSA) is 68.2 Å². The van der Waals surface area contributed by atoms with E-state index >= 15 is 0 Å². The van der Waals surface area contributed by atoms with E-state index in [1.54, 1.807) is 42.5 Å². The van der Waals surface area contributed by atoms with Gasteiger partial charge in [-0.2, -0.15) is 18.3 Å². The zero-order chi connectivity index (χ0) is 26.0. The highest BCUT2D eigenvalue weighted by atomic mass is 19.4. The summed E-state index contributed by atoms with van der Waals surface area (Å²) in [6, 6.07) is 21.4. The first-order valence-corrected chi connectivity index (χ1v) is 11.9. The van der Waals surface area contributed by atoms with Gasteiger partial charge in [0.25, 0.3) is 5.91 Å². The van der Waals surface area contributed by atoms with Crippen molar-refractivity contribution in [3.05, 3.63) is 107 Å². The second kappa shape index (κ2) is 10.0. The van der Waals surface area contributed by atoms with E-state index in [4.69, 9.17) is 4.74 Å². The highest BCUT2D eigenvalue weighted by Gasteiger charge is 2.47. The number of hydrogen-bond acceptors (Lipinski definition) is 4. The molecule has 1 aliphatic rings. The van der Waals surface area contributed by atoms with E-state index in [1.807, 2.05) is 43.3 Å². The molecule has 5 rings (SSSR count). The maximum absolute atomic E-state index is 13.9. The van der Waals surface area contributed by atoms with Crippen LogP contribution >= 0.6 is 0 Å². The fourth-order valence-electron chi connectivity index (χ4n) is 4.33. The lowest BCUT2D eigenvalue weighted by Crippen LogP contribution is -2.36. The third kappa shape index (κ3) is 5.45. The summed E-state index contributed by atoms with van der Waals surface area (Å²) in [5.41, 5.74) is 2.73. The van der Waals surface area contributed by atoms with E-state index in [0.717, 1.165) is 21.6 Å². The van der Waals surface area contributed by atoms with Crippen LogP contribution in [0.15, 0.2) is 85.1 Å². The normalized spacial score (nSPS) is 17.0. The molecule has 4 aromatic rings. The number of hydrogen-bond donors (Lipinski definition) is 2. The quantitative estimate of drug-likeness (QED) is 0.310. The van der Waals surface area contributed by atoms with E-state index in [-0.39, 0.29) is 24.3 Å². The molecule has 0 bridgehead atoms. The summed E-state index contributed by atoms with van der Waals surface area (Å²) in [6.45, 7) is 2.19. The van der Waals surface area contributed by atoms with Gasteiger partial charge in [-0.15, -0.1) is 0 Å². The highest BCUT2D eigenvalue weighted by Crippen LogP contribution is 2.44. The van der Waals surface area contributed by atoms with Crippen LogP contribution in [0.1, 0.15) is 45.6 Å². The molecule has 3 aromatic carbocycles. The molecule has 0 spiro atoms. The Hall–Kier alpha value is -4.27. The molecule has 0 radical (unpaired) electrons. The molecule has 1 amide bonds. The number of halogens is 3. The molecular formula is C28H25F3N4O2. The van der Waals surface area contributed by atoms with Gasteiger partial charge < -0.3 is 15.4 Å². The van der Waals surface area contributed by atoms with Crippen LogP contribution in [0.3, 0.4) is 0 Å². The van der Waals surface area contributed by atoms with Crippen LogP contribution in [-0.4, -0.2) is 21.9 Å². The zero-order valence-electron chi connectivity index (χ0n) is 20.0. The van der Waals surface area contributed by atoms with Crippen LogP contribution in [0.25, 0.3) is 0 Å². The fraction of sp³-hybridized carbons (Fsp3) is 0.214. The van der Waals surface area contributed by atoms with E-state index in [9.17, 15) is 18.0 Å². The number of fused-ring (bicyclic) bond motifs is 1. The van der Waals surface area contributed by atoms with Crippen LogP contribution in [0.5, 0.6) is 11.5 Å². The zero-order valence-corrected chi connectivity index (χ0v) is 20.0. The lowest BCUT2D eigenvalue weighted by Gasteiger charge is -2.34. The summed E-state index contributed by atoms with van der Waals surface area (Å²) in [5.74, 6) is 0.917. The number of amides is 1. The summed E-state index contributed by atoms with van der Waals surface area (Å²) >= 11 is 0. The van der Waals surface area contributed by atoms with Gasteiger partial charge in [0.05, 0.1) is 12.2 Å². The van der Waals surface area contributed by atoms with Crippen molar-refractivity contribution >= 4 is 11.7 Å². The number of alkyl halides is 3. The minimum Gasteiger partial charge on any atom is -0.457 e. The van der Waals surface area contributed by atoms with Gasteiger partial charge in [0.15, 0.2) is 6.04 Å². The van der Waals surface area contributed by atoms with E-state index in [1.165, 1.54) is 6.20 Å². The third-order valence-corrected chi connectivity index (χ3v) is 6.32. The number of rotatable bonds is 6. The fourth-order valence-corrected chi connectivity index (χ4v) is 4.33. The van der Waals surface area contributed by atoms with Gasteiger partial charge in [-0.25, -0.2) is 4.68 Å². The maximum atomic E-state index is 13.9. The first-order chi connectivity index (χ1) is 17.8. The minimum atomic E-state index is -4.51. The largest absolute Gasteiger partial charge is 0.457 e. The predicted octanol–water partition coefficient (Wildman–Crippen LogP) is 6.57. The van der Waals surface area contributed by atoms with Crippen LogP contribution in [0, 0.1) is 6.92 Å². The number of benzene rings is 3. The SMILES string of the molecule is Cc1ccc(Oc2ccc(CNC(=O)c3cnn4c3NC(c3ccccc3)CC4C(F)(F)F)cc2)cc1. The summed E-state index contributed by atoms with van der Waals surface area (Å²) in [7, 11) is 0. The van der Waals surface area contributed by atoms with Crippen LogP contribution in [-0.2, 0) is 6.54 Å². The Balaban J connectivity index is 1.28. The highest BCUT2D eigenvalue weighted by molar-refractivity contribution is 5.98. The molecule has 2 unspecified atom stereocenters. The van der Waals surface area contributed by atoms with Crippen LogP contribution in [0.2, 0.25) is 0 Å². The molecule has 190 valence electrons. The first kappa shape index (κ1) is 24.4. The monoisotopic (exact) mass is 506 g/mol. The molecule has 0 aliphatic carbocycles. The smallest absolute Gasteiger partial charge is 0.410 e. The lowest BCUT2D eigenvalue weighted by molar-refractivity contribution is -0.173. The molecule has 0 saturated carbocycles. The van der Waals surface area contributed by atoms with Crippen molar-refractivity contribution in [2.45, 2.75) is 38.1 Å². The number of carbonyl (C=O) groups is 1. The molecular weight excluding hydrogens is 481 g/mol. The molecule has 2 N–H and O–H groups in total. The van der Waals surface area contributed by atoms with Crippen LogP contribution < -0.4 is 15.4 Å². The van der Waals surface area contributed by atoms with E-state index in [2.05, 4.69) is 15.7 Å². The number of anilines is 1. The number of aryl methyl sites for hydroxylation is 1. The second-order valence-electron chi connectivity index (χ2n) is 8.99. The number of nitrogens with zero attached hydrogens (tertiary/aromatic N) is 2. The average molecular weight is 507 g/mol. The standard InChI is InChI=1S/C28H25F3N4O2/c1-18-7-11-21(12-8-18)37-22-13-9-19(10-14-22)16-32-27(36)23-17-33-35-25(28(29,30)31)15-24(34-26(23)35)20-5-3-2-4-6-20/h2-14,17,24-25,34H,15-16H2,1H3,(H,32,36). The summed E-state index contributed by atoms with van der Waals surface area (Å²) in [6.07, 6.45) is -3.55. The maximum Gasteiger partial charge on any atom is 0.410 e. The second-order valence-corrected chi connectivity index (χ2v) is 8.99. The Morgan fingerprint density at radius 1 is 1.03 bits per heavy atom. The van der Waals surface area contributed by atoms with Gasteiger partial charge in [0.2, 0.25) is 0 Å². The van der Waals surface area contributed by atoms with Crippen molar-refractivity contribution in [3.63, 3.8) is 0 Å². The number of aromatic nitrogens is 2. The Morgan fingerprint density at radius 2 is 1.68 bits per heavy atom. The summed E-state index contributed by atoms with van der Waals surface area (Å²) < 4.78 is 48.3. The van der Waals surface area contributed by atoms with Crippen molar-refractivity contribution in [1.29, 1.82) is 0 Å². The molecule has 0 fully saturated rings. The Morgan fingerprint density at radius 3 is 2.32 bits per heavy atom. The molecule has 2 heterocycles. The van der Waals surface area contributed by atoms with E-state index < -0.39 is 24.2 Å². The first-order valence-electron chi connectivity index (χ1n) is 11.9. The van der Waals surface area contributed by atoms with Gasteiger partial charge in [0, 0.05) is 13.0 Å². The van der Waals surface area contributed by atoms with Gasteiger partial charge in [-0.3, -0.25) is 4.79 Å². The number of nitrogens with one attached hydrogen (secondary N) is 2. The van der Waals surface area contributed by atoms with Crippen molar-refractivity contribution in [2.24, 2.45) is 0 Å². The number of ether oxygens (including phenoxy) is 1. The molecule has 37 heavy (non-hydrogen) atoms. The molecule has 1 aliphatic heterocycles. The summed E-state index contributed by atoms with van der Waals surface area (Å²) in [5, 5.41) is 9.80. The summed E-state index contributed by atoms with van der Waals surface area (Å²) in [4.78, 5) is 13.0. The van der Waals surface area contributed by atoms with Crippen molar-refractivity contribution in [3.8, 4) is 11.5 Å². The molecule has 2 atom stereocenters. The van der Waals surface area contributed by atoms with Gasteiger partial charge in [-0.1, -0.05) is 60.2 Å². The van der Waals surface area contributed by atoms with Gasteiger partial charge in [0.1, 0.15) is 22.9 Å².